The average molecular weight is 477 g/mol. The molecule has 19 heteroatoms. The van der Waals surface area contributed by atoms with Gasteiger partial charge in [0.25, 0.3) is 5.56 Å². The molecule has 2 heterocycles. The Labute approximate surface area is 167 Å². The molecule has 9 N–H and O–H groups in total. The van der Waals surface area contributed by atoms with Crippen LogP contribution in [0.2, 0.25) is 0 Å². The van der Waals surface area contributed by atoms with E-state index in [0.717, 1.165) is 0 Å². The second kappa shape index (κ2) is 11.6. The van der Waals surface area contributed by atoms with E-state index in [1.807, 2.05) is 0 Å². The molecular weight excluding hydrogens is 456 g/mol. The Morgan fingerprint density at radius 3 is 2.37 bits per heavy atom. The molecule has 30 heavy (non-hydrogen) atoms. The summed E-state index contributed by atoms with van der Waals surface area (Å²) < 4.78 is 36.0. The molecule has 0 aliphatic heterocycles. The molecule has 2 rings (SSSR count). The molecule has 0 bridgehead atoms. The Morgan fingerprint density at radius 1 is 1.20 bits per heavy atom. The molecule has 0 fully saturated rings. The number of hydrogen-bond donors (Lipinski definition) is 8. The van der Waals surface area contributed by atoms with Crippen molar-refractivity contribution >= 4 is 32.8 Å². The number of aromatic nitrogens is 4. The van der Waals surface area contributed by atoms with Crippen molar-refractivity contribution in [3.8, 4) is 0 Å². The topological polar surface area (TPSA) is 273 Å². The molecule has 2 aromatic rings. The van der Waals surface area contributed by atoms with Crippen LogP contribution in [0.1, 0.15) is 0 Å². The monoisotopic (exact) mass is 477 g/mol. The maximum atomic E-state index is 11.6. The fraction of sp³-hybridized carbons (Fsp3) is 0.545. The summed E-state index contributed by atoms with van der Waals surface area (Å²) in [5.41, 5.74) is 5.13. The van der Waals surface area contributed by atoms with Crippen molar-refractivity contribution in [2.45, 2.75) is 12.8 Å². The van der Waals surface area contributed by atoms with Crippen molar-refractivity contribution in [1.29, 1.82) is 0 Å². The summed E-state index contributed by atoms with van der Waals surface area (Å²) in [6.45, 7) is -1.58. The molecule has 0 saturated carbocycles. The van der Waals surface area contributed by atoms with Gasteiger partial charge in [0, 0.05) is 0 Å². The maximum absolute atomic E-state index is 11.6. The first-order chi connectivity index (χ1) is 13.9. The van der Waals surface area contributed by atoms with E-state index in [4.69, 9.17) is 40.5 Å². The van der Waals surface area contributed by atoms with Crippen molar-refractivity contribution in [2.24, 2.45) is 0 Å². The first-order valence-corrected chi connectivity index (χ1v) is 10.8. The van der Waals surface area contributed by atoms with Gasteiger partial charge in [-0.05, 0) is 0 Å². The number of phosphoric ester groups is 1. The van der Waals surface area contributed by atoms with Crippen molar-refractivity contribution in [1.82, 2.24) is 19.5 Å². The van der Waals surface area contributed by atoms with E-state index in [1.165, 1.54) is 10.9 Å². The second-order valence-corrected chi connectivity index (χ2v) is 8.10. The van der Waals surface area contributed by atoms with Gasteiger partial charge in [-0.3, -0.25) is 18.9 Å². The summed E-state index contributed by atoms with van der Waals surface area (Å²) in [5.74, 6) is -0.103. The van der Waals surface area contributed by atoms with Crippen LogP contribution in [0.15, 0.2) is 11.1 Å². The Bertz CT molecular complexity index is 954. The van der Waals surface area contributed by atoms with E-state index < -0.39 is 33.9 Å². The number of nitrogen functional groups attached to an aromatic ring is 1. The number of nitrogens with zero attached hydrogens (tertiary/aromatic N) is 3. The summed E-state index contributed by atoms with van der Waals surface area (Å²) in [6.07, 6.45) is 0.325. The maximum Gasteiger partial charge on any atom is 0.481 e. The Morgan fingerprint density at radius 2 is 1.83 bits per heavy atom. The van der Waals surface area contributed by atoms with E-state index in [9.17, 15) is 13.9 Å². The normalized spacial score (nSPS) is 13.8. The Hall–Kier alpha value is -1.75. The quantitative estimate of drug-likeness (QED) is 0.127. The van der Waals surface area contributed by atoms with Crippen LogP contribution < -0.4 is 11.3 Å². The zero-order chi connectivity index (χ0) is 22.9. The number of hydrogen-bond acceptors (Lipinski definition) is 12. The third kappa shape index (κ3) is 9.38. The van der Waals surface area contributed by atoms with E-state index >= 15 is 0 Å². The van der Waals surface area contributed by atoms with Gasteiger partial charge < -0.3 is 40.5 Å². The highest BCUT2D eigenvalue weighted by Crippen LogP contribution is 2.57. The predicted octanol–water partition coefficient (Wildman–Crippen LogP) is -2.77. The summed E-state index contributed by atoms with van der Waals surface area (Å²) in [5, 5.41) is 24.0. The number of phosphoric acid groups is 2. The lowest BCUT2D eigenvalue weighted by atomic mass is 10.4. The third-order valence-electron chi connectivity index (χ3n) is 2.84. The lowest BCUT2D eigenvalue weighted by Crippen LogP contribution is -2.15. The average Bonchev–Trinajstić information content (AvgIpc) is 3.02. The SMILES string of the molecule is Nc1nc2c(ncn2COCCOP(=O)(O)OP(=O)(O)O)c(=O)[nH]1.OCC(O)CO. The van der Waals surface area contributed by atoms with Gasteiger partial charge in [0.1, 0.15) is 12.8 Å². The molecule has 2 aromatic heterocycles. The molecule has 17 nitrogen and oxygen atoms in total. The highest BCUT2D eigenvalue weighted by molar-refractivity contribution is 7.60. The molecular formula is C11H21N5O12P2. The van der Waals surface area contributed by atoms with Gasteiger partial charge in [0.05, 0.1) is 32.8 Å². The summed E-state index contributed by atoms with van der Waals surface area (Å²) >= 11 is 0. The van der Waals surface area contributed by atoms with Gasteiger partial charge in [0.2, 0.25) is 5.95 Å². The molecule has 0 radical (unpaired) electrons. The van der Waals surface area contributed by atoms with E-state index in [1.54, 1.807) is 0 Å². The lowest BCUT2D eigenvalue weighted by Gasteiger charge is -2.12. The van der Waals surface area contributed by atoms with Crippen LogP contribution in [-0.4, -0.2) is 82.1 Å². The predicted molar refractivity (Wildman–Crippen MR) is 97.6 cm³/mol. The molecule has 0 amide bonds. The number of aromatic amines is 1. The van der Waals surface area contributed by atoms with Crippen LogP contribution in [0.5, 0.6) is 0 Å². The van der Waals surface area contributed by atoms with Gasteiger partial charge >= 0.3 is 15.6 Å². The smallest absolute Gasteiger partial charge is 0.394 e. The third-order valence-corrected chi connectivity index (χ3v) is 5.02. The van der Waals surface area contributed by atoms with Crippen LogP contribution in [0.25, 0.3) is 11.2 Å². The molecule has 0 aliphatic rings. The summed E-state index contributed by atoms with van der Waals surface area (Å²) in [6, 6.07) is 0. The van der Waals surface area contributed by atoms with E-state index in [-0.39, 0.29) is 43.7 Å². The fourth-order valence-corrected chi connectivity index (χ4v) is 3.22. The largest absolute Gasteiger partial charge is 0.481 e. The van der Waals surface area contributed by atoms with Crippen LogP contribution in [0.3, 0.4) is 0 Å². The number of anilines is 1. The van der Waals surface area contributed by atoms with Gasteiger partial charge in [-0.1, -0.05) is 0 Å². The molecule has 0 saturated heterocycles. The van der Waals surface area contributed by atoms with E-state index in [0.29, 0.717) is 0 Å². The highest BCUT2D eigenvalue weighted by atomic mass is 31.3. The number of aliphatic hydroxyl groups excluding tert-OH is 3. The van der Waals surface area contributed by atoms with Crippen molar-refractivity contribution in [3.05, 3.63) is 16.7 Å². The van der Waals surface area contributed by atoms with Crippen LogP contribution >= 0.6 is 15.6 Å². The fourth-order valence-electron chi connectivity index (χ4n) is 1.66. The zero-order valence-corrected chi connectivity index (χ0v) is 16.9. The van der Waals surface area contributed by atoms with E-state index in [2.05, 4.69) is 23.8 Å². The second-order valence-electron chi connectivity index (χ2n) is 5.27. The zero-order valence-electron chi connectivity index (χ0n) is 15.1. The number of aliphatic hydroxyl groups is 3. The van der Waals surface area contributed by atoms with Crippen molar-refractivity contribution in [2.75, 3.05) is 32.2 Å². The molecule has 1 atom stereocenters. The van der Waals surface area contributed by atoms with Gasteiger partial charge in [-0.25, -0.2) is 14.1 Å². The number of H-pyrrole nitrogens is 1. The summed E-state index contributed by atoms with van der Waals surface area (Å²) in [4.78, 5) is 47.4. The minimum absolute atomic E-state index is 0.0546. The Kier molecular flexibility index (Phi) is 10.2. The highest BCUT2D eigenvalue weighted by Gasteiger charge is 2.32. The molecule has 1 unspecified atom stereocenters. The standard InChI is InChI=1S/C8H13N5O9P2.C3H8O3/c9-8-11-6-5(7(14)12-8)10-3-13(6)4-20-1-2-21-24(18,19)22-23(15,16)17;4-1-3(6)2-5/h3H,1-2,4H2,(H,18,19)(H2,15,16,17)(H3,9,11,12,14);3-6H,1-2H2. The van der Waals surface area contributed by atoms with Crippen LogP contribution in [-0.2, 0) is 29.4 Å². The first kappa shape index (κ1) is 26.3. The summed E-state index contributed by atoms with van der Waals surface area (Å²) in [7, 11) is -10.1. The Balaban J connectivity index is 0.000000656. The number of nitrogens with two attached hydrogens (primary N) is 1. The molecule has 0 spiro atoms. The van der Waals surface area contributed by atoms with Gasteiger partial charge in [0.15, 0.2) is 11.2 Å². The minimum atomic E-state index is -5.16. The van der Waals surface area contributed by atoms with Crippen molar-refractivity contribution < 1.29 is 52.7 Å². The first-order valence-electron chi connectivity index (χ1n) is 7.81. The minimum Gasteiger partial charge on any atom is -0.394 e. The van der Waals surface area contributed by atoms with Gasteiger partial charge in [-0.15, -0.1) is 0 Å². The molecule has 0 aliphatic carbocycles. The number of ether oxygens (including phenoxy) is 1. The molecule has 172 valence electrons. The molecule has 0 aromatic carbocycles. The number of fused-ring (bicyclic) bond motifs is 1. The number of rotatable bonds is 10. The number of nitrogens with one attached hydrogen (secondary N) is 1. The van der Waals surface area contributed by atoms with Gasteiger partial charge in [-0.2, -0.15) is 9.29 Å². The van der Waals surface area contributed by atoms with Crippen molar-refractivity contribution in [3.63, 3.8) is 0 Å². The number of imidazole rings is 1. The van der Waals surface area contributed by atoms with Crippen LogP contribution in [0, 0.1) is 0 Å². The lowest BCUT2D eigenvalue weighted by molar-refractivity contribution is 0.0450. The van der Waals surface area contributed by atoms with Crippen LogP contribution in [0.4, 0.5) is 5.95 Å².